The van der Waals surface area contributed by atoms with Crippen LogP contribution in [0.2, 0.25) is 0 Å². The molecule has 0 aliphatic heterocycles. The topological polar surface area (TPSA) is 85.3 Å². The minimum Gasteiger partial charge on any atom is -0.465 e. The van der Waals surface area contributed by atoms with Crippen LogP contribution in [0.1, 0.15) is 19.1 Å². The van der Waals surface area contributed by atoms with Crippen molar-refractivity contribution in [2.24, 2.45) is 5.84 Å². The zero-order chi connectivity index (χ0) is 11.3. The number of carbonyl (C=O) groups excluding carboxylic acids is 2. The first-order valence-corrected chi connectivity index (χ1v) is 4.38. The molecule has 1 aromatic rings. The fourth-order valence-corrected chi connectivity index (χ4v) is 1.10. The lowest BCUT2D eigenvalue weighted by Gasteiger charge is -2.02. The molecule has 0 atom stereocenters. The Morgan fingerprint density at radius 2 is 2.33 bits per heavy atom. The van der Waals surface area contributed by atoms with Crippen LogP contribution in [-0.2, 0) is 9.59 Å². The lowest BCUT2D eigenvalue weighted by molar-refractivity contribution is -0.120. The minimum atomic E-state index is -0.485. The van der Waals surface area contributed by atoms with Gasteiger partial charge >= 0.3 is 0 Å². The second kappa shape index (κ2) is 5.11. The van der Waals surface area contributed by atoms with Gasteiger partial charge < -0.3 is 4.42 Å². The third kappa shape index (κ3) is 3.40. The number of amides is 1. The number of rotatable bonds is 4. The highest BCUT2D eigenvalue weighted by molar-refractivity contribution is 6.01. The van der Waals surface area contributed by atoms with Crippen molar-refractivity contribution in [2.75, 3.05) is 0 Å². The molecular weight excluding hydrogens is 196 g/mol. The summed E-state index contributed by atoms with van der Waals surface area (Å²) < 4.78 is 5.03. The van der Waals surface area contributed by atoms with Crippen molar-refractivity contribution in [3.8, 4) is 0 Å². The fraction of sp³-hybridized carbons (Fsp3) is 0.200. The van der Waals surface area contributed by atoms with Gasteiger partial charge in [0.25, 0.3) is 5.91 Å². The third-order valence-corrected chi connectivity index (χ3v) is 1.72. The third-order valence-electron chi connectivity index (χ3n) is 1.72. The summed E-state index contributed by atoms with van der Waals surface area (Å²) in [5.74, 6) is 4.91. The Labute approximate surface area is 86.9 Å². The van der Waals surface area contributed by atoms with E-state index in [1.54, 1.807) is 12.1 Å². The highest BCUT2D eigenvalue weighted by Gasteiger charge is 2.10. The Kier molecular flexibility index (Phi) is 3.82. The summed E-state index contributed by atoms with van der Waals surface area (Å²) in [6, 6.07) is 3.38. The van der Waals surface area contributed by atoms with Crippen LogP contribution in [-0.4, -0.2) is 11.7 Å². The number of ketones is 1. The van der Waals surface area contributed by atoms with Crippen LogP contribution >= 0.6 is 0 Å². The summed E-state index contributed by atoms with van der Waals surface area (Å²) in [5.41, 5.74) is 2.26. The van der Waals surface area contributed by atoms with E-state index in [2.05, 4.69) is 0 Å². The van der Waals surface area contributed by atoms with E-state index >= 15 is 0 Å². The Bertz CT molecular complexity index is 379. The van der Waals surface area contributed by atoms with Crippen LogP contribution in [0, 0.1) is 0 Å². The van der Waals surface area contributed by atoms with Crippen LogP contribution in [0.15, 0.2) is 28.4 Å². The quantitative estimate of drug-likeness (QED) is 0.329. The van der Waals surface area contributed by atoms with Gasteiger partial charge in [0, 0.05) is 12.0 Å². The van der Waals surface area contributed by atoms with Crippen LogP contribution in [0.4, 0.5) is 0 Å². The molecule has 5 nitrogen and oxygen atoms in total. The molecule has 0 fully saturated rings. The van der Waals surface area contributed by atoms with Crippen LogP contribution in [0.5, 0.6) is 0 Å². The predicted molar refractivity (Wildman–Crippen MR) is 54.3 cm³/mol. The molecule has 1 aromatic heterocycles. The molecule has 0 aromatic carbocycles. The molecule has 0 unspecified atom stereocenters. The van der Waals surface area contributed by atoms with Crippen molar-refractivity contribution in [3.05, 3.63) is 29.7 Å². The smallest absolute Gasteiger partial charge is 0.261 e. The van der Waals surface area contributed by atoms with Crippen molar-refractivity contribution < 1.29 is 14.0 Å². The van der Waals surface area contributed by atoms with Crippen molar-refractivity contribution in [1.29, 1.82) is 0 Å². The van der Waals surface area contributed by atoms with E-state index in [1.807, 2.05) is 5.43 Å². The number of nitrogens with one attached hydrogen (secondary N) is 1. The van der Waals surface area contributed by atoms with Gasteiger partial charge in [-0.05, 0) is 25.1 Å². The van der Waals surface area contributed by atoms with Gasteiger partial charge in [-0.1, -0.05) is 0 Å². The molecule has 0 saturated carbocycles. The zero-order valence-electron chi connectivity index (χ0n) is 8.32. The molecule has 80 valence electrons. The Morgan fingerprint density at radius 3 is 2.80 bits per heavy atom. The molecule has 3 N–H and O–H groups in total. The maximum absolute atomic E-state index is 11.3. The first kappa shape index (κ1) is 11.2. The summed E-state index contributed by atoms with van der Waals surface area (Å²) >= 11 is 0. The van der Waals surface area contributed by atoms with Gasteiger partial charge in [-0.15, -0.1) is 0 Å². The molecule has 0 spiro atoms. The summed E-state index contributed by atoms with van der Waals surface area (Å²) in [5, 5.41) is 0. The summed E-state index contributed by atoms with van der Waals surface area (Å²) in [6.07, 6.45) is 3.00. The number of hydrogen-bond donors (Lipinski definition) is 2. The van der Waals surface area contributed by atoms with E-state index < -0.39 is 5.91 Å². The van der Waals surface area contributed by atoms with Gasteiger partial charge in [0.1, 0.15) is 11.5 Å². The standard InChI is InChI=1S/C10H12N2O3/c1-7(13)5-8(10(14)12-11)6-9-3-2-4-15-9/h2-4,6H,5,11H2,1H3,(H,12,14)/b8-6-. The van der Waals surface area contributed by atoms with E-state index in [4.69, 9.17) is 10.3 Å². The first-order chi connectivity index (χ1) is 7.13. The first-order valence-electron chi connectivity index (χ1n) is 4.38. The molecule has 0 aliphatic rings. The van der Waals surface area contributed by atoms with Gasteiger partial charge in [-0.2, -0.15) is 0 Å². The number of furan rings is 1. The molecule has 1 rings (SSSR count). The molecule has 15 heavy (non-hydrogen) atoms. The van der Waals surface area contributed by atoms with E-state index in [-0.39, 0.29) is 17.8 Å². The normalized spacial score (nSPS) is 11.2. The van der Waals surface area contributed by atoms with Crippen molar-refractivity contribution in [1.82, 2.24) is 5.43 Å². The van der Waals surface area contributed by atoms with Gasteiger partial charge in [-0.3, -0.25) is 15.0 Å². The maximum Gasteiger partial charge on any atom is 0.261 e. The summed E-state index contributed by atoms with van der Waals surface area (Å²) in [4.78, 5) is 22.2. The van der Waals surface area contributed by atoms with E-state index in [0.717, 1.165) is 0 Å². The van der Waals surface area contributed by atoms with Crippen molar-refractivity contribution >= 4 is 17.8 Å². The summed E-state index contributed by atoms with van der Waals surface area (Å²) in [6.45, 7) is 1.40. The lowest BCUT2D eigenvalue weighted by atomic mass is 10.1. The second-order valence-corrected chi connectivity index (χ2v) is 3.04. The van der Waals surface area contributed by atoms with Crippen molar-refractivity contribution in [3.63, 3.8) is 0 Å². The SMILES string of the molecule is CC(=O)C/C(=C/c1ccco1)C(=O)NN. The molecule has 0 aliphatic carbocycles. The Hall–Kier alpha value is -1.88. The molecular formula is C10H12N2O3. The number of nitrogens with two attached hydrogens (primary N) is 1. The van der Waals surface area contributed by atoms with Crippen LogP contribution < -0.4 is 11.3 Å². The molecule has 5 heteroatoms. The Balaban J connectivity index is 2.90. The fourth-order valence-electron chi connectivity index (χ4n) is 1.10. The lowest BCUT2D eigenvalue weighted by Crippen LogP contribution is -2.31. The van der Waals surface area contributed by atoms with E-state index in [1.165, 1.54) is 19.3 Å². The van der Waals surface area contributed by atoms with Gasteiger partial charge in [-0.25, -0.2) is 5.84 Å². The molecule has 0 radical (unpaired) electrons. The number of Topliss-reactive ketones (excluding diaryl/α,β-unsaturated/α-hetero) is 1. The maximum atomic E-state index is 11.3. The highest BCUT2D eigenvalue weighted by Crippen LogP contribution is 2.10. The largest absolute Gasteiger partial charge is 0.465 e. The van der Waals surface area contributed by atoms with Gasteiger partial charge in [0.05, 0.1) is 6.26 Å². The molecule has 0 bridgehead atoms. The molecule has 1 amide bonds. The van der Waals surface area contributed by atoms with Crippen molar-refractivity contribution in [2.45, 2.75) is 13.3 Å². The predicted octanol–water partition coefficient (Wildman–Crippen LogP) is 0.632. The zero-order valence-corrected chi connectivity index (χ0v) is 8.32. The number of hydrazine groups is 1. The monoisotopic (exact) mass is 208 g/mol. The molecule has 1 heterocycles. The second-order valence-electron chi connectivity index (χ2n) is 3.04. The minimum absolute atomic E-state index is 0.0315. The molecule has 0 saturated heterocycles. The van der Waals surface area contributed by atoms with Gasteiger partial charge in [0.15, 0.2) is 0 Å². The number of hydrogen-bond acceptors (Lipinski definition) is 4. The average Bonchev–Trinajstić information content (AvgIpc) is 2.67. The van der Waals surface area contributed by atoms with Crippen LogP contribution in [0.25, 0.3) is 6.08 Å². The summed E-state index contributed by atoms with van der Waals surface area (Å²) in [7, 11) is 0. The van der Waals surface area contributed by atoms with Gasteiger partial charge in [0.2, 0.25) is 0 Å². The Morgan fingerprint density at radius 1 is 1.60 bits per heavy atom. The van der Waals surface area contributed by atoms with E-state index in [0.29, 0.717) is 5.76 Å². The average molecular weight is 208 g/mol. The highest BCUT2D eigenvalue weighted by atomic mass is 16.3. The van der Waals surface area contributed by atoms with Crippen LogP contribution in [0.3, 0.4) is 0 Å². The number of carbonyl (C=O) groups is 2. The van der Waals surface area contributed by atoms with E-state index in [9.17, 15) is 9.59 Å².